The summed E-state index contributed by atoms with van der Waals surface area (Å²) < 4.78 is 5.30. The average Bonchev–Trinajstić information content (AvgIpc) is 2.32. The van der Waals surface area contributed by atoms with Crippen molar-refractivity contribution in [2.45, 2.75) is 32.3 Å². The highest BCUT2D eigenvalue weighted by molar-refractivity contribution is 5.76. The first-order valence-corrected chi connectivity index (χ1v) is 6.79. The number of likely N-dealkylation sites (tertiary alicyclic amines) is 2. The van der Waals surface area contributed by atoms with Gasteiger partial charge in [-0.05, 0) is 25.7 Å². The summed E-state index contributed by atoms with van der Waals surface area (Å²) in [6.45, 7) is 6.30. The van der Waals surface area contributed by atoms with E-state index in [1.807, 2.05) is 11.8 Å². The predicted octanol–water partition coefficient (Wildman–Crippen LogP) is 1.01. The Morgan fingerprint density at radius 1 is 1.37 bits per heavy atom. The van der Waals surface area contributed by atoms with Gasteiger partial charge in [0.2, 0.25) is 0 Å². The molecule has 19 heavy (non-hydrogen) atoms. The molecular weight excluding hydrogens is 248 g/mol. The maximum atomic E-state index is 12.2. The molecule has 2 amide bonds. The monoisotopic (exact) mass is 270 g/mol. The van der Waals surface area contributed by atoms with E-state index >= 15 is 0 Å². The zero-order valence-electron chi connectivity index (χ0n) is 11.6. The lowest BCUT2D eigenvalue weighted by atomic mass is 9.96. The van der Waals surface area contributed by atoms with Gasteiger partial charge in [-0.15, -0.1) is 0 Å². The lowest BCUT2D eigenvalue weighted by Crippen LogP contribution is -2.66. The summed E-state index contributed by atoms with van der Waals surface area (Å²) in [5.74, 6) is -0.413. The van der Waals surface area contributed by atoms with E-state index in [9.17, 15) is 9.59 Å². The minimum absolute atomic E-state index is 0.0583. The maximum absolute atomic E-state index is 12.2. The molecule has 2 aliphatic rings. The van der Waals surface area contributed by atoms with Gasteiger partial charge in [0.05, 0.1) is 13.1 Å². The molecule has 0 spiro atoms. The molecule has 2 rings (SSSR count). The predicted molar refractivity (Wildman–Crippen MR) is 68.9 cm³/mol. The number of nitrogens with zero attached hydrogens (tertiary/aromatic N) is 2. The van der Waals surface area contributed by atoms with Gasteiger partial charge in [-0.3, -0.25) is 0 Å². The first-order valence-electron chi connectivity index (χ1n) is 6.79. The van der Waals surface area contributed by atoms with Crippen molar-refractivity contribution in [2.75, 3.05) is 32.8 Å². The highest BCUT2D eigenvalue weighted by Gasteiger charge is 2.44. The molecule has 0 aromatic heterocycles. The molecule has 2 heterocycles. The van der Waals surface area contributed by atoms with Crippen molar-refractivity contribution in [3.63, 3.8) is 0 Å². The summed E-state index contributed by atoms with van der Waals surface area (Å²) in [4.78, 5) is 26.3. The van der Waals surface area contributed by atoms with E-state index in [2.05, 4.69) is 6.92 Å². The Labute approximate surface area is 113 Å². The van der Waals surface area contributed by atoms with Gasteiger partial charge in [0.15, 0.2) is 0 Å². The molecular formula is C13H22N2O4. The van der Waals surface area contributed by atoms with Crippen molar-refractivity contribution < 1.29 is 19.4 Å². The van der Waals surface area contributed by atoms with Crippen LogP contribution < -0.4 is 0 Å². The molecule has 6 nitrogen and oxygen atoms in total. The lowest BCUT2D eigenvalue weighted by Gasteiger charge is -2.49. The second-order valence-corrected chi connectivity index (χ2v) is 5.96. The Balaban J connectivity index is 1.79. The van der Waals surface area contributed by atoms with Crippen LogP contribution in [0.15, 0.2) is 0 Å². The number of piperidine rings is 1. The molecule has 2 aliphatic heterocycles. The molecule has 1 N–H and O–H groups in total. The average molecular weight is 270 g/mol. The SMILES string of the molecule is CC1CCCN(C(=O)N2CC(C)(OCC(=O)O)C2)C1. The molecule has 0 radical (unpaired) electrons. The number of amides is 2. The third-order valence-electron chi connectivity index (χ3n) is 3.79. The van der Waals surface area contributed by atoms with Crippen LogP contribution in [-0.4, -0.2) is 65.3 Å². The van der Waals surface area contributed by atoms with Gasteiger partial charge in [-0.2, -0.15) is 0 Å². The van der Waals surface area contributed by atoms with Crippen LogP contribution in [0.3, 0.4) is 0 Å². The van der Waals surface area contributed by atoms with Crippen LogP contribution in [0.5, 0.6) is 0 Å². The van der Waals surface area contributed by atoms with Gasteiger partial charge in [0.1, 0.15) is 12.2 Å². The van der Waals surface area contributed by atoms with Gasteiger partial charge >= 0.3 is 12.0 Å². The van der Waals surface area contributed by atoms with Crippen LogP contribution in [0.25, 0.3) is 0 Å². The van der Waals surface area contributed by atoms with Gasteiger partial charge in [-0.25, -0.2) is 9.59 Å². The largest absolute Gasteiger partial charge is 0.480 e. The summed E-state index contributed by atoms with van der Waals surface area (Å²) in [6, 6.07) is 0.0583. The molecule has 6 heteroatoms. The first-order chi connectivity index (χ1) is 8.89. The number of carboxylic acid groups (broad SMARTS) is 1. The quantitative estimate of drug-likeness (QED) is 0.831. The molecule has 2 fully saturated rings. The Kier molecular flexibility index (Phi) is 3.99. The van der Waals surface area contributed by atoms with Crippen molar-refractivity contribution >= 4 is 12.0 Å². The number of hydrogen-bond donors (Lipinski definition) is 1. The Bertz CT molecular complexity index is 366. The highest BCUT2D eigenvalue weighted by Crippen LogP contribution is 2.27. The molecule has 0 saturated carbocycles. The molecule has 1 unspecified atom stereocenters. The van der Waals surface area contributed by atoms with E-state index in [4.69, 9.17) is 9.84 Å². The number of hydrogen-bond acceptors (Lipinski definition) is 3. The van der Waals surface area contributed by atoms with E-state index in [0.717, 1.165) is 19.5 Å². The summed E-state index contributed by atoms with van der Waals surface area (Å²) in [7, 11) is 0. The topological polar surface area (TPSA) is 70.1 Å². The molecule has 2 saturated heterocycles. The highest BCUT2D eigenvalue weighted by atomic mass is 16.5. The molecule has 0 aromatic carbocycles. The van der Waals surface area contributed by atoms with E-state index < -0.39 is 11.6 Å². The third-order valence-corrected chi connectivity index (χ3v) is 3.79. The summed E-state index contributed by atoms with van der Waals surface area (Å²) >= 11 is 0. The Morgan fingerprint density at radius 3 is 2.63 bits per heavy atom. The van der Waals surface area contributed by atoms with Gasteiger partial charge in [-0.1, -0.05) is 6.92 Å². The van der Waals surface area contributed by atoms with Crippen LogP contribution in [0.2, 0.25) is 0 Å². The number of aliphatic carboxylic acids is 1. The molecule has 0 bridgehead atoms. The smallest absolute Gasteiger partial charge is 0.329 e. The van der Waals surface area contributed by atoms with Crippen LogP contribution in [0.4, 0.5) is 4.79 Å². The number of urea groups is 1. The maximum Gasteiger partial charge on any atom is 0.329 e. The van der Waals surface area contributed by atoms with Crippen LogP contribution in [-0.2, 0) is 9.53 Å². The Morgan fingerprint density at radius 2 is 2.05 bits per heavy atom. The number of carbonyl (C=O) groups excluding carboxylic acids is 1. The normalized spacial score (nSPS) is 25.9. The molecule has 1 atom stereocenters. The van der Waals surface area contributed by atoms with Gasteiger partial charge < -0.3 is 19.6 Å². The number of carbonyl (C=O) groups is 2. The minimum atomic E-state index is -0.976. The second kappa shape index (κ2) is 5.36. The summed E-state index contributed by atoms with van der Waals surface area (Å²) in [6.07, 6.45) is 2.25. The molecule has 108 valence electrons. The molecule has 0 aliphatic carbocycles. The lowest BCUT2D eigenvalue weighted by molar-refractivity contribution is -0.160. The number of ether oxygens (including phenoxy) is 1. The molecule has 0 aromatic rings. The first kappa shape index (κ1) is 14.1. The number of rotatable bonds is 3. The third kappa shape index (κ3) is 3.37. The second-order valence-electron chi connectivity index (χ2n) is 5.96. The van der Waals surface area contributed by atoms with Crippen molar-refractivity contribution in [3.05, 3.63) is 0 Å². The van der Waals surface area contributed by atoms with Crippen LogP contribution in [0, 0.1) is 5.92 Å². The van der Waals surface area contributed by atoms with E-state index in [1.165, 1.54) is 6.42 Å². The zero-order chi connectivity index (χ0) is 14.0. The van der Waals surface area contributed by atoms with Crippen LogP contribution in [0.1, 0.15) is 26.7 Å². The van der Waals surface area contributed by atoms with E-state index in [0.29, 0.717) is 19.0 Å². The van der Waals surface area contributed by atoms with E-state index in [1.54, 1.807) is 4.90 Å². The fraction of sp³-hybridized carbons (Fsp3) is 0.846. The summed E-state index contributed by atoms with van der Waals surface area (Å²) in [5.41, 5.74) is -0.505. The van der Waals surface area contributed by atoms with Crippen molar-refractivity contribution in [1.82, 2.24) is 9.80 Å². The fourth-order valence-electron chi connectivity index (χ4n) is 2.79. The van der Waals surface area contributed by atoms with Crippen molar-refractivity contribution in [3.8, 4) is 0 Å². The van der Waals surface area contributed by atoms with Crippen molar-refractivity contribution in [1.29, 1.82) is 0 Å². The number of carboxylic acids is 1. The van der Waals surface area contributed by atoms with Crippen molar-refractivity contribution in [2.24, 2.45) is 5.92 Å². The Hall–Kier alpha value is -1.30. The van der Waals surface area contributed by atoms with Crippen LogP contribution >= 0.6 is 0 Å². The fourth-order valence-corrected chi connectivity index (χ4v) is 2.79. The minimum Gasteiger partial charge on any atom is -0.480 e. The summed E-state index contributed by atoms with van der Waals surface area (Å²) in [5, 5.41) is 8.59. The zero-order valence-corrected chi connectivity index (χ0v) is 11.6. The van der Waals surface area contributed by atoms with E-state index in [-0.39, 0.29) is 12.6 Å². The van der Waals surface area contributed by atoms with Gasteiger partial charge in [0, 0.05) is 13.1 Å². The van der Waals surface area contributed by atoms with Gasteiger partial charge in [0.25, 0.3) is 0 Å². The standard InChI is InChI=1S/C13H22N2O4/c1-10-4-3-5-14(6-10)12(18)15-8-13(2,9-15)19-7-11(16)17/h10H,3-9H2,1-2H3,(H,16,17).